The highest BCUT2D eigenvalue weighted by atomic mass is 16.3. The minimum absolute atomic E-state index is 0.0263. The Bertz CT molecular complexity index is 651. The third-order valence-electron chi connectivity index (χ3n) is 3.30. The molecule has 0 unspecified atom stereocenters. The van der Waals surface area contributed by atoms with Gasteiger partial charge in [-0.25, -0.2) is 4.79 Å². The van der Waals surface area contributed by atoms with Gasteiger partial charge in [-0.3, -0.25) is 10.1 Å². The summed E-state index contributed by atoms with van der Waals surface area (Å²) >= 11 is 0. The summed E-state index contributed by atoms with van der Waals surface area (Å²) in [4.78, 5) is 23.3. The molecule has 0 radical (unpaired) electrons. The molecule has 0 aliphatic carbocycles. The fraction of sp³-hybridized carbons (Fsp3) is 0.250. The topological polar surface area (TPSA) is 83.4 Å². The first-order valence-corrected chi connectivity index (χ1v) is 6.96. The summed E-state index contributed by atoms with van der Waals surface area (Å²) in [6, 6.07) is 8.73. The van der Waals surface area contributed by atoms with E-state index in [-0.39, 0.29) is 13.1 Å². The monoisotopic (exact) mass is 301 g/mol. The van der Waals surface area contributed by atoms with E-state index < -0.39 is 11.9 Å². The second-order valence-electron chi connectivity index (χ2n) is 4.91. The van der Waals surface area contributed by atoms with Crippen molar-refractivity contribution in [3.8, 4) is 0 Å². The van der Waals surface area contributed by atoms with Crippen molar-refractivity contribution in [2.24, 2.45) is 0 Å². The van der Waals surface area contributed by atoms with Crippen LogP contribution in [0.4, 0.5) is 10.5 Å². The highest BCUT2D eigenvalue weighted by molar-refractivity contribution is 5.96. The van der Waals surface area contributed by atoms with Crippen molar-refractivity contribution >= 4 is 17.6 Å². The number of benzene rings is 1. The average molecular weight is 301 g/mol. The fourth-order valence-corrected chi connectivity index (χ4v) is 1.91. The lowest BCUT2D eigenvalue weighted by Gasteiger charge is -2.11. The molecule has 0 bridgehead atoms. The number of nitrogens with one attached hydrogen (secondary N) is 3. The fourth-order valence-electron chi connectivity index (χ4n) is 1.91. The van der Waals surface area contributed by atoms with Crippen LogP contribution in [0, 0.1) is 13.8 Å². The molecule has 2 aromatic rings. The van der Waals surface area contributed by atoms with E-state index in [0.717, 1.165) is 16.8 Å². The van der Waals surface area contributed by atoms with Gasteiger partial charge in [-0.05, 0) is 43.2 Å². The van der Waals surface area contributed by atoms with E-state index in [1.54, 1.807) is 12.1 Å². The number of amides is 3. The summed E-state index contributed by atoms with van der Waals surface area (Å²) in [6.07, 6.45) is 1.52. The SMILES string of the molecule is Cc1cccc(NCC(=O)NC(=O)NCc2ccco2)c1C. The minimum Gasteiger partial charge on any atom is -0.467 e. The molecular formula is C16H19N3O3. The lowest BCUT2D eigenvalue weighted by atomic mass is 10.1. The van der Waals surface area contributed by atoms with Crippen LogP contribution in [0.25, 0.3) is 0 Å². The first-order chi connectivity index (χ1) is 10.6. The van der Waals surface area contributed by atoms with E-state index in [1.807, 2.05) is 32.0 Å². The highest BCUT2D eigenvalue weighted by Gasteiger charge is 2.08. The number of hydrogen-bond donors (Lipinski definition) is 3. The largest absolute Gasteiger partial charge is 0.467 e. The van der Waals surface area contributed by atoms with Crippen molar-refractivity contribution in [1.29, 1.82) is 0 Å². The maximum absolute atomic E-state index is 11.7. The third kappa shape index (κ3) is 4.37. The molecular weight excluding hydrogens is 282 g/mol. The predicted octanol–water partition coefficient (Wildman–Crippen LogP) is 2.33. The molecule has 6 heteroatoms. The molecule has 6 nitrogen and oxygen atoms in total. The number of anilines is 1. The van der Waals surface area contributed by atoms with Crippen LogP contribution < -0.4 is 16.0 Å². The summed E-state index contributed by atoms with van der Waals surface area (Å²) in [6.45, 7) is 4.24. The molecule has 0 spiro atoms. The van der Waals surface area contributed by atoms with Gasteiger partial charge in [0.05, 0.1) is 19.4 Å². The number of rotatable bonds is 5. The molecule has 2 rings (SSSR count). The molecule has 0 atom stereocenters. The van der Waals surface area contributed by atoms with Crippen molar-refractivity contribution < 1.29 is 14.0 Å². The highest BCUT2D eigenvalue weighted by Crippen LogP contribution is 2.17. The zero-order valence-electron chi connectivity index (χ0n) is 12.6. The Kier molecular flexibility index (Phi) is 5.19. The molecule has 1 heterocycles. The summed E-state index contributed by atoms with van der Waals surface area (Å²) in [5, 5.41) is 7.81. The minimum atomic E-state index is -0.552. The van der Waals surface area contributed by atoms with Gasteiger partial charge in [-0.15, -0.1) is 0 Å². The van der Waals surface area contributed by atoms with E-state index >= 15 is 0 Å². The Labute approximate surface area is 128 Å². The van der Waals surface area contributed by atoms with E-state index in [1.165, 1.54) is 6.26 Å². The van der Waals surface area contributed by atoms with Crippen LogP contribution in [0.3, 0.4) is 0 Å². The Morgan fingerprint density at radius 3 is 2.68 bits per heavy atom. The van der Waals surface area contributed by atoms with E-state index in [2.05, 4.69) is 16.0 Å². The lowest BCUT2D eigenvalue weighted by molar-refractivity contribution is -0.118. The number of urea groups is 1. The maximum Gasteiger partial charge on any atom is 0.321 e. The summed E-state index contributed by atoms with van der Waals surface area (Å²) in [7, 11) is 0. The molecule has 0 saturated carbocycles. The van der Waals surface area contributed by atoms with Crippen molar-refractivity contribution in [2.45, 2.75) is 20.4 Å². The molecule has 0 aliphatic heterocycles. The molecule has 3 amide bonds. The number of carbonyl (C=O) groups excluding carboxylic acids is 2. The number of hydrogen-bond acceptors (Lipinski definition) is 4. The van der Waals surface area contributed by atoms with Crippen molar-refractivity contribution in [3.63, 3.8) is 0 Å². The van der Waals surface area contributed by atoms with E-state index in [4.69, 9.17) is 4.42 Å². The zero-order chi connectivity index (χ0) is 15.9. The molecule has 1 aromatic heterocycles. The molecule has 0 fully saturated rings. The normalized spacial score (nSPS) is 10.1. The van der Waals surface area contributed by atoms with Crippen LogP contribution in [0.5, 0.6) is 0 Å². The van der Waals surface area contributed by atoms with Gasteiger partial charge < -0.3 is 15.1 Å². The first-order valence-electron chi connectivity index (χ1n) is 6.96. The van der Waals surface area contributed by atoms with Gasteiger partial charge in [0.1, 0.15) is 5.76 Å². The Morgan fingerprint density at radius 1 is 1.14 bits per heavy atom. The standard InChI is InChI=1S/C16H19N3O3/c1-11-5-3-7-14(12(11)2)17-10-15(20)19-16(21)18-9-13-6-4-8-22-13/h3-8,17H,9-10H2,1-2H3,(H2,18,19,20,21). The molecule has 0 aliphatic rings. The van der Waals surface area contributed by atoms with Gasteiger partial charge in [-0.2, -0.15) is 0 Å². The molecule has 3 N–H and O–H groups in total. The van der Waals surface area contributed by atoms with Crippen LogP contribution in [0.2, 0.25) is 0 Å². The second kappa shape index (κ2) is 7.31. The van der Waals surface area contributed by atoms with E-state index in [0.29, 0.717) is 5.76 Å². The van der Waals surface area contributed by atoms with Gasteiger partial charge >= 0.3 is 6.03 Å². The first kappa shape index (κ1) is 15.6. The van der Waals surface area contributed by atoms with Gasteiger partial charge in [0.2, 0.25) is 5.91 Å². The van der Waals surface area contributed by atoms with E-state index in [9.17, 15) is 9.59 Å². The number of carbonyl (C=O) groups is 2. The van der Waals surface area contributed by atoms with Crippen LogP contribution >= 0.6 is 0 Å². The summed E-state index contributed by atoms with van der Waals surface area (Å²) in [5.74, 6) is 0.217. The lowest BCUT2D eigenvalue weighted by Crippen LogP contribution is -2.41. The predicted molar refractivity (Wildman–Crippen MR) is 83.5 cm³/mol. The molecule has 22 heavy (non-hydrogen) atoms. The summed E-state index contributed by atoms with van der Waals surface area (Å²) in [5.41, 5.74) is 3.10. The van der Waals surface area contributed by atoms with Crippen LogP contribution in [0.15, 0.2) is 41.0 Å². The zero-order valence-corrected chi connectivity index (χ0v) is 12.6. The van der Waals surface area contributed by atoms with Gasteiger partial charge in [-0.1, -0.05) is 12.1 Å². The van der Waals surface area contributed by atoms with Crippen molar-refractivity contribution in [2.75, 3.05) is 11.9 Å². The quantitative estimate of drug-likeness (QED) is 0.791. The average Bonchev–Trinajstić information content (AvgIpc) is 3.00. The van der Waals surface area contributed by atoms with Crippen LogP contribution in [-0.2, 0) is 11.3 Å². The number of furan rings is 1. The van der Waals surface area contributed by atoms with Crippen molar-refractivity contribution in [1.82, 2.24) is 10.6 Å². The van der Waals surface area contributed by atoms with Crippen molar-refractivity contribution in [3.05, 3.63) is 53.5 Å². The molecule has 116 valence electrons. The molecule has 0 saturated heterocycles. The Morgan fingerprint density at radius 2 is 1.95 bits per heavy atom. The van der Waals surface area contributed by atoms with Crippen LogP contribution in [0.1, 0.15) is 16.9 Å². The van der Waals surface area contributed by atoms with Gasteiger partial charge in [0.15, 0.2) is 0 Å². The smallest absolute Gasteiger partial charge is 0.321 e. The number of aryl methyl sites for hydroxylation is 1. The van der Waals surface area contributed by atoms with Gasteiger partial charge in [0.25, 0.3) is 0 Å². The van der Waals surface area contributed by atoms with Crippen LogP contribution in [-0.4, -0.2) is 18.5 Å². The van der Waals surface area contributed by atoms with Gasteiger partial charge in [0, 0.05) is 5.69 Å². The second-order valence-corrected chi connectivity index (χ2v) is 4.91. The molecule has 1 aromatic carbocycles. The summed E-state index contributed by atoms with van der Waals surface area (Å²) < 4.78 is 5.08. The Balaban J connectivity index is 1.75. The Hall–Kier alpha value is -2.76. The number of imide groups is 1. The third-order valence-corrected chi connectivity index (χ3v) is 3.30. The maximum atomic E-state index is 11.7.